The number of likely N-dealkylation sites (N-methyl/N-ethyl adjacent to an activating group) is 1. The first kappa shape index (κ1) is 27.2. The number of carbonyl (C=O) groups excluding carboxylic acids is 2. The van der Waals surface area contributed by atoms with E-state index in [0.29, 0.717) is 5.02 Å². The van der Waals surface area contributed by atoms with Crippen LogP contribution in [0, 0.1) is 6.92 Å². The molecule has 1 atom stereocenters. The van der Waals surface area contributed by atoms with Crippen molar-refractivity contribution in [2.45, 2.75) is 69.5 Å². The van der Waals surface area contributed by atoms with E-state index < -0.39 is 28.5 Å². The van der Waals surface area contributed by atoms with E-state index in [0.717, 1.165) is 41.1 Å². The fraction of sp³-hybridized carbons (Fsp3) is 0.462. The van der Waals surface area contributed by atoms with Gasteiger partial charge in [0.05, 0.1) is 11.4 Å². The number of nitrogens with zero attached hydrogens (tertiary/aromatic N) is 2. The molecule has 0 aromatic heterocycles. The molecule has 0 bridgehead atoms. The van der Waals surface area contributed by atoms with Gasteiger partial charge in [0.2, 0.25) is 21.8 Å². The molecule has 0 unspecified atom stereocenters. The second kappa shape index (κ2) is 12.0. The Kier molecular flexibility index (Phi) is 9.33. The summed E-state index contributed by atoms with van der Waals surface area (Å²) in [6.45, 7) is 3.29. The highest BCUT2D eigenvalue weighted by Gasteiger charge is 2.31. The van der Waals surface area contributed by atoms with Crippen molar-refractivity contribution in [1.82, 2.24) is 14.5 Å². The molecule has 1 aliphatic carbocycles. The Hall–Kier alpha value is -2.42. The van der Waals surface area contributed by atoms with E-state index in [9.17, 15) is 18.0 Å². The lowest BCUT2D eigenvalue weighted by Crippen LogP contribution is -2.52. The molecule has 0 saturated heterocycles. The molecule has 7 nitrogen and oxygen atoms in total. The first-order valence-corrected chi connectivity index (χ1v) is 13.8. The topological polar surface area (TPSA) is 86.8 Å². The summed E-state index contributed by atoms with van der Waals surface area (Å²) in [4.78, 5) is 28.0. The maximum Gasteiger partial charge on any atom is 0.243 e. The van der Waals surface area contributed by atoms with Gasteiger partial charge < -0.3 is 10.2 Å². The monoisotopic (exact) mass is 519 g/mol. The molecule has 0 aliphatic heterocycles. The number of rotatable bonds is 9. The van der Waals surface area contributed by atoms with Crippen molar-refractivity contribution in [3.8, 4) is 0 Å². The Morgan fingerprint density at radius 2 is 1.74 bits per heavy atom. The van der Waals surface area contributed by atoms with Crippen LogP contribution >= 0.6 is 11.6 Å². The van der Waals surface area contributed by atoms with Gasteiger partial charge in [0, 0.05) is 24.7 Å². The SMILES string of the molecule is Cc1ccc(S(=O)(=O)N(C)CC(=O)N(Cc2cccc(Cl)c2)[C@H](C)C(=O)NC2CCCCC2)cc1. The Morgan fingerprint density at radius 1 is 1.09 bits per heavy atom. The maximum absolute atomic E-state index is 13.4. The lowest BCUT2D eigenvalue weighted by molar-refractivity contribution is -0.141. The number of benzene rings is 2. The van der Waals surface area contributed by atoms with Crippen LogP contribution in [-0.2, 0) is 26.2 Å². The molecule has 1 N–H and O–H groups in total. The van der Waals surface area contributed by atoms with Gasteiger partial charge in [0.1, 0.15) is 6.04 Å². The summed E-state index contributed by atoms with van der Waals surface area (Å²) < 4.78 is 27.1. The van der Waals surface area contributed by atoms with E-state index in [1.165, 1.54) is 30.5 Å². The van der Waals surface area contributed by atoms with Crippen LogP contribution in [0.4, 0.5) is 0 Å². The number of sulfonamides is 1. The third-order valence-electron chi connectivity index (χ3n) is 6.45. The van der Waals surface area contributed by atoms with E-state index in [1.807, 2.05) is 13.0 Å². The van der Waals surface area contributed by atoms with Gasteiger partial charge >= 0.3 is 0 Å². The van der Waals surface area contributed by atoms with Crippen molar-refractivity contribution in [1.29, 1.82) is 0 Å². The van der Waals surface area contributed by atoms with Crippen LogP contribution in [0.5, 0.6) is 0 Å². The molecule has 0 radical (unpaired) electrons. The summed E-state index contributed by atoms with van der Waals surface area (Å²) >= 11 is 6.13. The van der Waals surface area contributed by atoms with E-state index >= 15 is 0 Å². The minimum Gasteiger partial charge on any atom is -0.352 e. The third-order valence-corrected chi connectivity index (χ3v) is 8.50. The molecule has 9 heteroatoms. The van der Waals surface area contributed by atoms with Crippen LogP contribution in [0.3, 0.4) is 0 Å². The zero-order chi connectivity index (χ0) is 25.6. The Labute approximate surface area is 213 Å². The lowest BCUT2D eigenvalue weighted by atomic mass is 9.95. The summed E-state index contributed by atoms with van der Waals surface area (Å²) in [5, 5.41) is 3.60. The first-order valence-electron chi connectivity index (χ1n) is 11.9. The van der Waals surface area contributed by atoms with Crippen molar-refractivity contribution in [3.63, 3.8) is 0 Å². The molecule has 1 aliphatic rings. The Morgan fingerprint density at radius 3 is 2.37 bits per heavy atom. The van der Waals surface area contributed by atoms with Gasteiger partial charge in [-0.2, -0.15) is 4.31 Å². The molecule has 2 amide bonds. The van der Waals surface area contributed by atoms with Gasteiger partial charge in [-0.05, 0) is 56.5 Å². The average Bonchev–Trinajstić information content (AvgIpc) is 2.83. The molecular formula is C26H34ClN3O4S. The minimum atomic E-state index is -3.87. The van der Waals surface area contributed by atoms with Crippen molar-refractivity contribution in [2.24, 2.45) is 0 Å². The van der Waals surface area contributed by atoms with Crippen molar-refractivity contribution in [3.05, 3.63) is 64.7 Å². The van der Waals surface area contributed by atoms with Crippen LogP contribution in [0.25, 0.3) is 0 Å². The molecule has 190 valence electrons. The number of nitrogens with one attached hydrogen (secondary N) is 1. The highest BCUT2D eigenvalue weighted by atomic mass is 35.5. The number of amides is 2. The van der Waals surface area contributed by atoms with Crippen LogP contribution in [0.15, 0.2) is 53.4 Å². The Balaban J connectivity index is 1.79. The summed E-state index contributed by atoms with van der Waals surface area (Å²) in [6, 6.07) is 12.9. The maximum atomic E-state index is 13.4. The predicted octanol–water partition coefficient (Wildman–Crippen LogP) is 4.14. The van der Waals surface area contributed by atoms with Crippen molar-refractivity contribution in [2.75, 3.05) is 13.6 Å². The second-order valence-electron chi connectivity index (χ2n) is 9.25. The minimum absolute atomic E-state index is 0.103. The highest BCUT2D eigenvalue weighted by molar-refractivity contribution is 7.89. The summed E-state index contributed by atoms with van der Waals surface area (Å²) in [5.74, 6) is -0.703. The summed E-state index contributed by atoms with van der Waals surface area (Å²) in [6.07, 6.45) is 5.18. The average molecular weight is 520 g/mol. The lowest BCUT2D eigenvalue weighted by Gasteiger charge is -2.32. The predicted molar refractivity (Wildman–Crippen MR) is 137 cm³/mol. The fourth-order valence-corrected chi connectivity index (χ4v) is 5.57. The number of hydrogen-bond acceptors (Lipinski definition) is 4. The van der Waals surface area contributed by atoms with Gasteiger partial charge in [0.25, 0.3) is 0 Å². The molecular weight excluding hydrogens is 486 g/mol. The first-order chi connectivity index (χ1) is 16.6. The quantitative estimate of drug-likeness (QED) is 0.539. The van der Waals surface area contributed by atoms with Crippen LogP contribution < -0.4 is 5.32 Å². The zero-order valence-electron chi connectivity index (χ0n) is 20.5. The van der Waals surface area contributed by atoms with Crippen molar-refractivity contribution < 1.29 is 18.0 Å². The molecule has 2 aromatic rings. The highest BCUT2D eigenvalue weighted by Crippen LogP contribution is 2.20. The van der Waals surface area contributed by atoms with E-state index in [1.54, 1.807) is 37.3 Å². The van der Waals surface area contributed by atoms with Gasteiger partial charge in [0.15, 0.2) is 0 Å². The fourth-order valence-electron chi connectivity index (χ4n) is 4.24. The molecule has 0 spiro atoms. The Bertz CT molecular complexity index is 1130. The third kappa shape index (κ3) is 7.29. The van der Waals surface area contributed by atoms with Gasteiger partial charge in [-0.15, -0.1) is 0 Å². The van der Waals surface area contributed by atoms with Crippen LogP contribution in [-0.4, -0.2) is 55.1 Å². The zero-order valence-corrected chi connectivity index (χ0v) is 22.1. The van der Waals surface area contributed by atoms with E-state index in [2.05, 4.69) is 5.32 Å². The van der Waals surface area contributed by atoms with Gasteiger partial charge in [-0.1, -0.05) is 60.7 Å². The molecule has 2 aromatic carbocycles. The summed E-state index contributed by atoms with van der Waals surface area (Å²) in [7, 11) is -2.50. The van der Waals surface area contributed by atoms with Crippen molar-refractivity contribution >= 4 is 33.4 Å². The molecule has 3 rings (SSSR count). The second-order valence-corrected chi connectivity index (χ2v) is 11.7. The van der Waals surface area contributed by atoms with Crippen LogP contribution in [0.2, 0.25) is 5.02 Å². The van der Waals surface area contributed by atoms with Gasteiger partial charge in [-0.3, -0.25) is 9.59 Å². The van der Waals surface area contributed by atoms with Crippen LogP contribution in [0.1, 0.15) is 50.2 Å². The van der Waals surface area contributed by atoms with Gasteiger partial charge in [-0.25, -0.2) is 8.42 Å². The molecule has 1 saturated carbocycles. The summed E-state index contributed by atoms with van der Waals surface area (Å²) in [5.41, 5.74) is 1.69. The van der Waals surface area contributed by atoms with E-state index in [4.69, 9.17) is 11.6 Å². The largest absolute Gasteiger partial charge is 0.352 e. The number of carbonyl (C=O) groups is 2. The molecule has 0 heterocycles. The van der Waals surface area contributed by atoms with E-state index in [-0.39, 0.29) is 23.4 Å². The number of hydrogen-bond donors (Lipinski definition) is 1. The smallest absolute Gasteiger partial charge is 0.243 e. The normalized spacial score (nSPS) is 15.6. The molecule has 35 heavy (non-hydrogen) atoms. The standard InChI is InChI=1S/C26H34ClN3O4S/c1-19-12-14-24(15-13-19)35(33,34)29(3)18-25(31)30(17-21-8-7-9-22(27)16-21)20(2)26(32)28-23-10-5-4-6-11-23/h7-9,12-16,20,23H,4-6,10-11,17-18H2,1-3H3,(H,28,32)/t20-/m1/s1. The molecule has 1 fully saturated rings. The number of halogens is 1. The number of aryl methyl sites for hydroxylation is 1.